The van der Waals surface area contributed by atoms with E-state index >= 15 is 0 Å². The van der Waals surface area contributed by atoms with E-state index in [-0.39, 0.29) is 12.5 Å². The van der Waals surface area contributed by atoms with Crippen LogP contribution < -0.4 is 5.32 Å². The summed E-state index contributed by atoms with van der Waals surface area (Å²) in [6.45, 7) is 4.18. The maximum absolute atomic E-state index is 12.2. The zero-order valence-corrected chi connectivity index (χ0v) is 24.9. The summed E-state index contributed by atoms with van der Waals surface area (Å²) in [6, 6.07) is -0.646. The average molecular weight is 532 g/mol. The quantitative estimate of drug-likeness (QED) is 0.0732. The summed E-state index contributed by atoms with van der Waals surface area (Å²) >= 11 is 0. The van der Waals surface area contributed by atoms with Gasteiger partial charge in [0.25, 0.3) is 0 Å². The molecule has 0 aromatic carbocycles. The van der Waals surface area contributed by atoms with Crippen LogP contribution in [0.3, 0.4) is 0 Å². The van der Waals surface area contributed by atoms with E-state index in [4.69, 9.17) is 0 Å². The highest BCUT2D eigenvalue weighted by molar-refractivity contribution is 5.76. The molecule has 220 valence electrons. The Morgan fingerprint density at radius 2 is 1.08 bits per heavy atom. The van der Waals surface area contributed by atoms with Gasteiger partial charge in [-0.25, -0.2) is 0 Å². The maximum Gasteiger partial charge on any atom is 0.220 e. The third kappa shape index (κ3) is 26.0. The molecule has 0 aromatic heterocycles. The largest absolute Gasteiger partial charge is 0.394 e. The number of unbranched alkanes of at least 4 members (excludes halogenated alkanes) is 14. The Morgan fingerprint density at radius 1 is 0.605 bits per heavy atom. The van der Waals surface area contributed by atoms with Gasteiger partial charge >= 0.3 is 0 Å². The fraction of sp³-hybridized carbons (Fsp3) is 0.735. The van der Waals surface area contributed by atoms with Crippen LogP contribution in [0.25, 0.3) is 0 Å². The van der Waals surface area contributed by atoms with E-state index in [1.54, 1.807) is 6.08 Å². The van der Waals surface area contributed by atoms with Crippen molar-refractivity contribution in [1.82, 2.24) is 5.32 Å². The number of carbonyl (C=O) groups is 1. The highest BCUT2D eigenvalue weighted by Crippen LogP contribution is 2.10. The lowest BCUT2D eigenvalue weighted by Gasteiger charge is -2.19. The number of rotatable bonds is 27. The number of amides is 1. The molecule has 0 aliphatic carbocycles. The van der Waals surface area contributed by atoms with Gasteiger partial charge in [0.1, 0.15) is 0 Å². The van der Waals surface area contributed by atoms with Crippen molar-refractivity contribution in [2.24, 2.45) is 0 Å². The van der Waals surface area contributed by atoms with Gasteiger partial charge in [0.2, 0.25) is 5.91 Å². The van der Waals surface area contributed by atoms with Crippen molar-refractivity contribution < 1.29 is 15.0 Å². The molecule has 0 aliphatic rings. The Balaban J connectivity index is 3.75. The molecule has 0 bridgehead atoms. The van der Waals surface area contributed by atoms with Gasteiger partial charge in [-0.3, -0.25) is 4.79 Å². The van der Waals surface area contributed by atoms with Crippen LogP contribution in [0.5, 0.6) is 0 Å². The molecule has 0 rings (SSSR count). The van der Waals surface area contributed by atoms with Crippen molar-refractivity contribution in [3.05, 3.63) is 48.6 Å². The number of aliphatic hydroxyl groups is 2. The predicted molar refractivity (Wildman–Crippen MR) is 165 cm³/mol. The van der Waals surface area contributed by atoms with E-state index in [0.717, 1.165) is 57.8 Å². The molecule has 2 unspecified atom stereocenters. The number of hydrogen-bond donors (Lipinski definition) is 3. The summed E-state index contributed by atoms with van der Waals surface area (Å²) < 4.78 is 0. The van der Waals surface area contributed by atoms with Crippen LogP contribution in [-0.2, 0) is 4.79 Å². The molecule has 0 aliphatic heterocycles. The number of nitrogens with one attached hydrogen (secondary N) is 1. The molecular weight excluding hydrogens is 470 g/mol. The van der Waals surface area contributed by atoms with Gasteiger partial charge in [-0.05, 0) is 64.2 Å². The molecule has 38 heavy (non-hydrogen) atoms. The molecule has 0 saturated carbocycles. The van der Waals surface area contributed by atoms with Crippen molar-refractivity contribution in [2.75, 3.05) is 6.61 Å². The number of aliphatic hydroxyl groups excluding tert-OH is 2. The Kier molecular flexibility index (Phi) is 28.6. The third-order valence-corrected chi connectivity index (χ3v) is 6.74. The molecule has 3 N–H and O–H groups in total. The summed E-state index contributed by atoms with van der Waals surface area (Å²) in [5, 5.41) is 22.7. The normalized spacial score (nSPS) is 13.9. The van der Waals surface area contributed by atoms with Crippen molar-refractivity contribution >= 4 is 5.91 Å². The molecular formula is C34H61NO3. The molecule has 0 radical (unpaired) electrons. The lowest BCUT2D eigenvalue weighted by molar-refractivity contribution is -0.123. The number of allylic oxidation sites excluding steroid dienone is 7. The van der Waals surface area contributed by atoms with E-state index in [1.807, 2.05) is 6.08 Å². The summed E-state index contributed by atoms with van der Waals surface area (Å²) in [5.74, 6) is -0.0925. The van der Waals surface area contributed by atoms with E-state index < -0.39 is 12.1 Å². The number of hydrogen-bond acceptors (Lipinski definition) is 3. The first-order chi connectivity index (χ1) is 18.7. The van der Waals surface area contributed by atoms with Crippen molar-refractivity contribution in [3.63, 3.8) is 0 Å². The van der Waals surface area contributed by atoms with Gasteiger partial charge in [-0.1, -0.05) is 120 Å². The summed E-state index contributed by atoms with van der Waals surface area (Å²) in [4.78, 5) is 12.2. The van der Waals surface area contributed by atoms with Crippen LogP contribution in [0.15, 0.2) is 48.6 Å². The fourth-order valence-electron chi connectivity index (χ4n) is 4.27. The summed E-state index contributed by atoms with van der Waals surface area (Å²) in [6.07, 6.45) is 39.0. The Labute approximate surface area is 235 Å². The molecule has 0 heterocycles. The van der Waals surface area contributed by atoms with Gasteiger partial charge in [-0.15, -0.1) is 0 Å². The molecule has 1 amide bonds. The van der Waals surface area contributed by atoms with E-state index in [2.05, 4.69) is 55.6 Å². The second-order valence-corrected chi connectivity index (χ2v) is 10.5. The summed E-state index contributed by atoms with van der Waals surface area (Å²) in [7, 11) is 0. The monoisotopic (exact) mass is 531 g/mol. The number of carbonyl (C=O) groups excluding carboxylic acids is 1. The first-order valence-corrected chi connectivity index (χ1v) is 15.9. The van der Waals surface area contributed by atoms with Crippen LogP contribution in [-0.4, -0.2) is 34.9 Å². The SMILES string of the molecule is CCC/C=C/CC/C=C/CC/C=C/C(O)C(CO)NC(=O)CCCCCCC/C=C\CCCCCCCC. The summed E-state index contributed by atoms with van der Waals surface area (Å²) in [5.41, 5.74) is 0. The minimum atomic E-state index is -0.870. The zero-order chi connectivity index (χ0) is 27.9. The van der Waals surface area contributed by atoms with Gasteiger partial charge in [0.15, 0.2) is 0 Å². The van der Waals surface area contributed by atoms with Gasteiger partial charge in [-0.2, -0.15) is 0 Å². The van der Waals surface area contributed by atoms with Crippen LogP contribution in [0.1, 0.15) is 142 Å². The van der Waals surface area contributed by atoms with Crippen molar-refractivity contribution in [1.29, 1.82) is 0 Å². The van der Waals surface area contributed by atoms with Crippen LogP contribution in [0.4, 0.5) is 0 Å². The van der Waals surface area contributed by atoms with Crippen molar-refractivity contribution in [2.45, 2.75) is 154 Å². The fourth-order valence-corrected chi connectivity index (χ4v) is 4.27. The van der Waals surface area contributed by atoms with Gasteiger partial charge in [0.05, 0.1) is 18.8 Å². The standard InChI is InChI=1S/C34H61NO3/c1-3-5-7-9-11-13-15-16-17-18-20-22-24-26-28-30-34(38)35-32(31-36)33(37)29-27-25-23-21-19-14-12-10-8-6-4-2/h8,10,16-17,19,21,27,29,32-33,36-37H,3-7,9,11-15,18,20,22-26,28,30-31H2,1-2H3,(H,35,38)/b10-8+,17-16-,21-19+,29-27+. The van der Waals surface area contributed by atoms with E-state index in [9.17, 15) is 15.0 Å². The highest BCUT2D eigenvalue weighted by atomic mass is 16.3. The lowest BCUT2D eigenvalue weighted by atomic mass is 10.1. The predicted octanol–water partition coefficient (Wildman–Crippen LogP) is 8.89. The molecule has 0 fully saturated rings. The Hall–Kier alpha value is -1.65. The average Bonchev–Trinajstić information content (AvgIpc) is 2.92. The first kappa shape index (κ1) is 36.4. The maximum atomic E-state index is 12.2. The van der Waals surface area contributed by atoms with Crippen LogP contribution >= 0.6 is 0 Å². The Bertz CT molecular complexity index is 623. The van der Waals surface area contributed by atoms with Gasteiger partial charge < -0.3 is 15.5 Å². The minimum absolute atomic E-state index is 0.0925. The molecule has 0 spiro atoms. The Morgan fingerprint density at radius 3 is 1.63 bits per heavy atom. The topological polar surface area (TPSA) is 69.6 Å². The first-order valence-electron chi connectivity index (χ1n) is 15.9. The van der Waals surface area contributed by atoms with Gasteiger partial charge in [0, 0.05) is 6.42 Å². The van der Waals surface area contributed by atoms with Crippen LogP contribution in [0, 0.1) is 0 Å². The molecule has 4 heteroatoms. The van der Waals surface area contributed by atoms with Crippen molar-refractivity contribution in [3.8, 4) is 0 Å². The second-order valence-electron chi connectivity index (χ2n) is 10.5. The smallest absolute Gasteiger partial charge is 0.220 e. The lowest BCUT2D eigenvalue weighted by Crippen LogP contribution is -2.45. The molecule has 2 atom stereocenters. The zero-order valence-electron chi connectivity index (χ0n) is 24.9. The molecule has 0 aromatic rings. The van der Waals surface area contributed by atoms with E-state index in [1.165, 1.54) is 64.2 Å². The molecule has 4 nitrogen and oxygen atoms in total. The highest BCUT2D eigenvalue weighted by Gasteiger charge is 2.17. The molecule has 0 saturated heterocycles. The van der Waals surface area contributed by atoms with Crippen LogP contribution in [0.2, 0.25) is 0 Å². The second kappa shape index (κ2) is 29.9. The minimum Gasteiger partial charge on any atom is -0.394 e. The third-order valence-electron chi connectivity index (χ3n) is 6.74. The van der Waals surface area contributed by atoms with E-state index in [0.29, 0.717) is 6.42 Å².